The van der Waals surface area contributed by atoms with E-state index in [0.29, 0.717) is 6.10 Å². The maximum Gasteiger partial charge on any atom is 0.0982 e. The zero-order chi connectivity index (χ0) is 20.0. The van der Waals surface area contributed by atoms with Gasteiger partial charge in [-0.2, -0.15) is 0 Å². The second-order valence-electron chi connectivity index (χ2n) is 9.89. The Morgan fingerprint density at radius 3 is 1.82 bits per heavy atom. The van der Waals surface area contributed by atoms with Crippen molar-refractivity contribution < 1.29 is 4.74 Å². The summed E-state index contributed by atoms with van der Waals surface area (Å²) in [4.78, 5) is 0. The number of unbranched alkanes of at least 4 members (excludes halogenated alkanes) is 11. The van der Waals surface area contributed by atoms with Crippen molar-refractivity contribution in [2.24, 2.45) is 17.8 Å². The van der Waals surface area contributed by atoms with Crippen molar-refractivity contribution in [3.05, 3.63) is 11.8 Å². The van der Waals surface area contributed by atoms with E-state index in [9.17, 15) is 0 Å². The Morgan fingerprint density at radius 1 is 0.786 bits per heavy atom. The number of ether oxygens (including phenoxy) is 1. The summed E-state index contributed by atoms with van der Waals surface area (Å²) in [5.74, 6) is 4.18. The zero-order valence-electron chi connectivity index (χ0n) is 19.5. The Bertz CT molecular complexity index is 412. The lowest BCUT2D eigenvalue weighted by atomic mass is 9.62. The van der Waals surface area contributed by atoms with Gasteiger partial charge in [-0.05, 0) is 76.2 Å². The first kappa shape index (κ1) is 23.8. The van der Waals surface area contributed by atoms with Crippen LogP contribution in [0.5, 0.6) is 0 Å². The minimum Gasteiger partial charge on any atom is -0.495 e. The van der Waals surface area contributed by atoms with Crippen LogP contribution in [-0.4, -0.2) is 6.10 Å². The lowest BCUT2D eigenvalue weighted by molar-refractivity contribution is 0.000955. The molecule has 1 heteroatoms. The van der Waals surface area contributed by atoms with Crippen molar-refractivity contribution in [2.75, 3.05) is 0 Å². The van der Waals surface area contributed by atoms with E-state index < -0.39 is 0 Å². The molecule has 0 amide bonds. The van der Waals surface area contributed by atoms with Crippen LogP contribution < -0.4 is 0 Å². The van der Waals surface area contributed by atoms with Crippen LogP contribution in [0.15, 0.2) is 11.8 Å². The molecule has 0 saturated heterocycles. The molecule has 0 aromatic heterocycles. The Balaban J connectivity index is 1.43. The molecule has 0 radical (unpaired) electrons. The third kappa shape index (κ3) is 8.91. The molecule has 2 aliphatic rings. The van der Waals surface area contributed by atoms with E-state index >= 15 is 0 Å². The normalized spacial score (nSPS) is 25.8. The third-order valence-electron chi connectivity index (χ3n) is 7.69. The quantitative estimate of drug-likeness (QED) is 0.188. The molecule has 4 atom stereocenters. The smallest absolute Gasteiger partial charge is 0.0982 e. The van der Waals surface area contributed by atoms with E-state index in [1.165, 1.54) is 115 Å². The van der Waals surface area contributed by atoms with Crippen molar-refractivity contribution in [3.8, 4) is 0 Å². The Hall–Kier alpha value is -0.460. The van der Waals surface area contributed by atoms with Crippen molar-refractivity contribution in [1.29, 1.82) is 0 Å². The van der Waals surface area contributed by atoms with Crippen molar-refractivity contribution in [2.45, 2.75) is 142 Å². The molecule has 2 rings (SSSR count). The summed E-state index contributed by atoms with van der Waals surface area (Å²) in [5.41, 5.74) is 0. The highest BCUT2D eigenvalue weighted by Gasteiger charge is 2.38. The molecule has 0 heterocycles. The van der Waals surface area contributed by atoms with E-state index in [-0.39, 0.29) is 0 Å². The fourth-order valence-corrected chi connectivity index (χ4v) is 5.44. The van der Waals surface area contributed by atoms with Gasteiger partial charge < -0.3 is 4.74 Å². The van der Waals surface area contributed by atoms with Crippen molar-refractivity contribution in [1.82, 2.24) is 0 Å². The van der Waals surface area contributed by atoms with Gasteiger partial charge in [-0.1, -0.05) is 77.6 Å². The zero-order valence-corrected chi connectivity index (χ0v) is 19.5. The molecule has 2 saturated carbocycles. The molecule has 0 N–H and O–H groups in total. The third-order valence-corrected chi connectivity index (χ3v) is 7.69. The van der Waals surface area contributed by atoms with Crippen LogP contribution in [-0.2, 0) is 4.74 Å². The van der Waals surface area contributed by atoms with Gasteiger partial charge in [0.25, 0.3) is 0 Å². The van der Waals surface area contributed by atoms with Gasteiger partial charge >= 0.3 is 0 Å². The summed E-state index contributed by atoms with van der Waals surface area (Å²) in [6.45, 7) is 6.78. The molecule has 1 nitrogen and oxygen atoms in total. The van der Waals surface area contributed by atoms with Gasteiger partial charge in [0, 0.05) is 6.42 Å². The molecule has 4 unspecified atom stereocenters. The molecule has 0 aromatic rings. The Morgan fingerprint density at radius 2 is 1.32 bits per heavy atom. The van der Waals surface area contributed by atoms with Gasteiger partial charge in [-0.3, -0.25) is 0 Å². The second-order valence-corrected chi connectivity index (χ2v) is 9.89. The first-order valence-corrected chi connectivity index (χ1v) is 13.1. The lowest BCUT2D eigenvalue weighted by Crippen LogP contribution is -2.36. The second kappa shape index (κ2) is 14.5. The Labute approximate surface area is 177 Å². The molecule has 0 aromatic carbocycles. The molecule has 2 aliphatic carbocycles. The summed E-state index contributed by atoms with van der Waals surface area (Å²) in [7, 11) is 0. The van der Waals surface area contributed by atoms with E-state index in [0.717, 1.165) is 24.2 Å². The van der Waals surface area contributed by atoms with Crippen LogP contribution in [0, 0.1) is 17.8 Å². The van der Waals surface area contributed by atoms with Gasteiger partial charge in [0.15, 0.2) is 0 Å². The van der Waals surface area contributed by atoms with Gasteiger partial charge in [0.05, 0.1) is 11.9 Å². The SMILES string of the molecule is C/C=C(/CCCCCCCCCCCCCC)OC(C)C1CCC2CCC2C1. The highest BCUT2D eigenvalue weighted by atomic mass is 16.5. The minimum atomic E-state index is 0.421. The monoisotopic (exact) mass is 390 g/mol. The molecule has 0 bridgehead atoms. The first-order valence-electron chi connectivity index (χ1n) is 13.1. The summed E-state index contributed by atoms with van der Waals surface area (Å²) in [6, 6.07) is 0. The average Bonchev–Trinajstić information content (AvgIpc) is 2.68. The maximum absolute atomic E-state index is 6.41. The average molecular weight is 391 g/mol. The number of rotatable bonds is 16. The van der Waals surface area contributed by atoms with Gasteiger partial charge in [0.2, 0.25) is 0 Å². The highest BCUT2D eigenvalue weighted by Crippen LogP contribution is 2.48. The minimum absolute atomic E-state index is 0.421. The number of hydrogen-bond donors (Lipinski definition) is 0. The lowest BCUT2D eigenvalue weighted by Gasteiger charge is -2.45. The summed E-state index contributed by atoms with van der Waals surface area (Å²) >= 11 is 0. The maximum atomic E-state index is 6.41. The molecule has 0 spiro atoms. The van der Waals surface area contributed by atoms with Crippen LogP contribution in [0.4, 0.5) is 0 Å². The molecule has 0 aliphatic heterocycles. The number of allylic oxidation sites excluding steroid dienone is 2. The number of fused-ring (bicyclic) bond motifs is 1. The topological polar surface area (TPSA) is 9.23 Å². The van der Waals surface area contributed by atoms with Crippen LogP contribution >= 0.6 is 0 Å². The summed E-state index contributed by atoms with van der Waals surface area (Å²) in [5, 5.41) is 0. The van der Waals surface area contributed by atoms with Gasteiger partial charge in [0.1, 0.15) is 0 Å². The van der Waals surface area contributed by atoms with Crippen LogP contribution in [0.2, 0.25) is 0 Å². The van der Waals surface area contributed by atoms with Crippen molar-refractivity contribution in [3.63, 3.8) is 0 Å². The largest absolute Gasteiger partial charge is 0.495 e. The molecule has 164 valence electrons. The molecular formula is C27H50O. The molecule has 2 fully saturated rings. The highest BCUT2D eigenvalue weighted by molar-refractivity contribution is 4.94. The van der Waals surface area contributed by atoms with Crippen LogP contribution in [0.3, 0.4) is 0 Å². The molecular weight excluding hydrogens is 340 g/mol. The van der Waals surface area contributed by atoms with Crippen molar-refractivity contribution >= 4 is 0 Å². The van der Waals surface area contributed by atoms with E-state index in [1.54, 1.807) is 0 Å². The predicted molar refractivity (Wildman–Crippen MR) is 124 cm³/mol. The summed E-state index contributed by atoms with van der Waals surface area (Å²) in [6.07, 6.45) is 28.1. The van der Waals surface area contributed by atoms with Crippen LogP contribution in [0.25, 0.3) is 0 Å². The predicted octanol–water partition coefficient (Wildman–Crippen LogP) is 9.21. The summed E-state index contributed by atoms with van der Waals surface area (Å²) < 4.78 is 6.41. The fraction of sp³-hybridized carbons (Fsp3) is 0.926. The Kier molecular flexibility index (Phi) is 12.3. The van der Waals surface area contributed by atoms with E-state index in [1.807, 2.05) is 0 Å². The fourth-order valence-electron chi connectivity index (χ4n) is 5.44. The standard InChI is InChI=1S/C27H50O/c1-4-6-7-8-9-10-11-12-13-14-15-16-17-27(5-2)28-23(3)25-20-18-24-19-21-26(24)22-25/h5,23-26H,4,6-22H2,1-3H3/b27-5-. The van der Waals surface area contributed by atoms with Gasteiger partial charge in [-0.25, -0.2) is 0 Å². The van der Waals surface area contributed by atoms with E-state index in [2.05, 4.69) is 26.8 Å². The van der Waals surface area contributed by atoms with Gasteiger partial charge in [-0.15, -0.1) is 0 Å². The number of hydrogen-bond acceptors (Lipinski definition) is 1. The van der Waals surface area contributed by atoms with Crippen LogP contribution in [0.1, 0.15) is 136 Å². The molecule has 28 heavy (non-hydrogen) atoms. The first-order chi connectivity index (χ1) is 13.7. The van der Waals surface area contributed by atoms with E-state index in [4.69, 9.17) is 4.74 Å².